The van der Waals surface area contributed by atoms with E-state index in [0.717, 1.165) is 0 Å². The highest BCUT2D eigenvalue weighted by atomic mass is 35.5. The molecule has 1 fully saturated rings. The molecule has 0 amide bonds. The fourth-order valence-electron chi connectivity index (χ4n) is 1.86. The third kappa shape index (κ3) is 2.32. The maximum atomic E-state index is 12.8. The van der Waals surface area contributed by atoms with E-state index >= 15 is 0 Å². The summed E-state index contributed by atoms with van der Waals surface area (Å²) < 4.78 is 61.7. The first-order valence-electron chi connectivity index (χ1n) is 4.88. The number of rotatable bonds is 3. The Labute approximate surface area is 104 Å². The van der Waals surface area contributed by atoms with Crippen LogP contribution in [0.15, 0.2) is 11.1 Å². The van der Waals surface area contributed by atoms with E-state index in [1.165, 1.54) is 13.8 Å². The first-order valence-corrected chi connectivity index (χ1v) is 5.26. The number of carbonyl (C=O) groups is 1. The van der Waals surface area contributed by atoms with Crippen molar-refractivity contribution in [2.75, 3.05) is 0 Å². The molecule has 1 aliphatic carbocycles. The number of hydrogen-bond acceptors (Lipinski definition) is 1. The molecular formula is C10H10ClF5O2. The van der Waals surface area contributed by atoms with E-state index in [9.17, 15) is 26.7 Å². The Morgan fingerprint density at radius 1 is 1.28 bits per heavy atom. The van der Waals surface area contributed by atoms with Crippen molar-refractivity contribution in [2.45, 2.75) is 25.9 Å². The Morgan fingerprint density at radius 3 is 2.00 bits per heavy atom. The molecule has 0 radical (unpaired) electrons. The molecule has 104 valence electrons. The molecule has 0 aromatic heterocycles. The van der Waals surface area contributed by atoms with Crippen LogP contribution in [0.2, 0.25) is 0 Å². The van der Waals surface area contributed by atoms with Crippen LogP contribution in [0.1, 0.15) is 13.8 Å². The molecule has 2 unspecified atom stereocenters. The minimum absolute atomic E-state index is 0.494. The highest BCUT2D eigenvalue weighted by Crippen LogP contribution is 2.60. The predicted octanol–water partition coefficient (Wildman–Crippen LogP) is 3.66. The highest BCUT2D eigenvalue weighted by Gasteiger charge is 2.64. The van der Waals surface area contributed by atoms with Gasteiger partial charge in [0.15, 0.2) is 0 Å². The maximum absolute atomic E-state index is 12.8. The van der Waals surface area contributed by atoms with Gasteiger partial charge in [0, 0.05) is 0 Å². The standard InChI is InChI=1S/C10H10ClF5O2/c1-8(2)4(6(8)7(17)18)3-5(11)9(12,13)10(14,15)16/h3-4,6H,1-2H3,(H,17,18)/b5-3+. The molecule has 18 heavy (non-hydrogen) atoms. The summed E-state index contributed by atoms with van der Waals surface area (Å²) in [5.74, 6) is -8.34. The average Bonchev–Trinajstić information content (AvgIpc) is 2.65. The van der Waals surface area contributed by atoms with Gasteiger partial charge < -0.3 is 5.11 Å². The molecule has 1 N–H and O–H groups in total. The molecule has 0 aliphatic heterocycles. The lowest BCUT2D eigenvalue weighted by molar-refractivity contribution is -0.261. The van der Waals surface area contributed by atoms with E-state index in [-0.39, 0.29) is 0 Å². The second-order valence-corrected chi connectivity index (χ2v) is 5.16. The van der Waals surface area contributed by atoms with Gasteiger partial charge in [0.2, 0.25) is 0 Å². The molecule has 1 saturated carbocycles. The SMILES string of the molecule is CC1(C)C(/C=C(/Cl)C(F)(F)C(F)(F)F)C1C(=O)O. The molecule has 2 atom stereocenters. The van der Waals surface area contributed by atoms with E-state index in [0.29, 0.717) is 6.08 Å². The third-order valence-electron chi connectivity index (χ3n) is 3.16. The summed E-state index contributed by atoms with van der Waals surface area (Å²) >= 11 is 4.99. The highest BCUT2D eigenvalue weighted by molar-refractivity contribution is 6.30. The molecule has 8 heteroatoms. The van der Waals surface area contributed by atoms with Gasteiger partial charge in [0.25, 0.3) is 0 Å². The van der Waals surface area contributed by atoms with Crippen LogP contribution in [-0.4, -0.2) is 23.2 Å². The lowest BCUT2D eigenvalue weighted by Crippen LogP contribution is -2.36. The quantitative estimate of drug-likeness (QED) is 0.806. The zero-order valence-electron chi connectivity index (χ0n) is 9.36. The summed E-state index contributed by atoms with van der Waals surface area (Å²) in [6.07, 6.45) is -5.30. The molecule has 0 heterocycles. The first-order chi connectivity index (χ1) is 7.83. The van der Waals surface area contributed by atoms with Crippen LogP contribution in [0.3, 0.4) is 0 Å². The minimum atomic E-state index is -5.79. The van der Waals surface area contributed by atoms with Crippen LogP contribution in [0, 0.1) is 17.3 Å². The molecule has 1 rings (SSSR count). The van der Waals surface area contributed by atoms with E-state index in [1.807, 2.05) is 0 Å². The van der Waals surface area contributed by atoms with Gasteiger partial charge in [-0.05, 0) is 11.3 Å². The number of carboxylic acids is 1. The van der Waals surface area contributed by atoms with Gasteiger partial charge in [0.1, 0.15) is 0 Å². The molecule has 0 saturated heterocycles. The number of carboxylic acid groups (broad SMARTS) is 1. The number of aliphatic carboxylic acids is 1. The Kier molecular flexibility index (Phi) is 3.45. The molecule has 0 bridgehead atoms. The van der Waals surface area contributed by atoms with Crippen LogP contribution in [-0.2, 0) is 4.79 Å². The average molecular weight is 293 g/mol. The Morgan fingerprint density at radius 2 is 1.72 bits per heavy atom. The Bertz CT molecular complexity index is 400. The third-order valence-corrected chi connectivity index (χ3v) is 3.52. The van der Waals surface area contributed by atoms with Gasteiger partial charge in [-0.3, -0.25) is 4.79 Å². The van der Waals surface area contributed by atoms with Crippen molar-refractivity contribution in [3.05, 3.63) is 11.1 Å². The van der Waals surface area contributed by atoms with Crippen LogP contribution < -0.4 is 0 Å². The summed E-state index contributed by atoms with van der Waals surface area (Å²) in [5, 5.41) is 7.07. The lowest BCUT2D eigenvalue weighted by atomic mass is 10.1. The molecule has 0 spiro atoms. The fourth-order valence-corrected chi connectivity index (χ4v) is 2.10. The summed E-state index contributed by atoms with van der Waals surface area (Å²) in [5.41, 5.74) is -0.881. The van der Waals surface area contributed by atoms with Crippen molar-refractivity contribution in [1.82, 2.24) is 0 Å². The lowest BCUT2D eigenvalue weighted by Gasteiger charge is -2.18. The molecule has 2 nitrogen and oxygen atoms in total. The smallest absolute Gasteiger partial charge is 0.459 e. The van der Waals surface area contributed by atoms with Crippen molar-refractivity contribution < 1.29 is 31.9 Å². The summed E-state index contributed by atoms with van der Waals surface area (Å²) in [6, 6.07) is 0. The van der Waals surface area contributed by atoms with Gasteiger partial charge in [-0.15, -0.1) is 0 Å². The van der Waals surface area contributed by atoms with Crippen LogP contribution in [0.4, 0.5) is 22.0 Å². The minimum Gasteiger partial charge on any atom is -0.481 e. The zero-order chi connectivity index (χ0) is 14.5. The van der Waals surface area contributed by atoms with E-state index in [4.69, 9.17) is 16.7 Å². The van der Waals surface area contributed by atoms with Crippen LogP contribution in [0.25, 0.3) is 0 Å². The number of allylic oxidation sites excluding steroid dienone is 2. The topological polar surface area (TPSA) is 37.3 Å². The number of alkyl halides is 5. The number of hydrogen-bond donors (Lipinski definition) is 1. The van der Waals surface area contributed by atoms with Crippen LogP contribution >= 0.6 is 11.6 Å². The molecule has 0 aromatic carbocycles. The zero-order valence-corrected chi connectivity index (χ0v) is 10.1. The maximum Gasteiger partial charge on any atom is 0.459 e. The van der Waals surface area contributed by atoms with Gasteiger partial charge in [-0.25, -0.2) is 0 Å². The summed E-state index contributed by atoms with van der Waals surface area (Å²) in [6.45, 7) is 2.92. The van der Waals surface area contributed by atoms with Crippen molar-refractivity contribution in [1.29, 1.82) is 0 Å². The Hall–Kier alpha value is -0.850. The largest absolute Gasteiger partial charge is 0.481 e. The number of halogens is 6. The second kappa shape index (κ2) is 4.08. The molecule has 1 aliphatic rings. The van der Waals surface area contributed by atoms with Crippen molar-refractivity contribution in [2.24, 2.45) is 17.3 Å². The first kappa shape index (κ1) is 15.2. The van der Waals surface area contributed by atoms with Gasteiger partial charge in [-0.2, -0.15) is 22.0 Å². The van der Waals surface area contributed by atoms with Crippen molar-refractivity contribution >= 4 is 17.6 Å². The molecular weight excluding hydrogens is 283 g/mol. The van der Waals surface area contributed by atoms with Gasteiger partial charge in [-0.1, -0.05) is 31.5 Å². The summed E-state index contributed by atoms with van der Waals surface area (Å²) in [7, 11) is 0. The van der Waals surface area contributed by atoms with Crippen molar-refractivity contribution in [3.8, 4) is 0 Å². The van der Waals surface area contributed by atoms with Gasteiger partial charge in [0.05, 0.1) is 11.0 Å². The fraction of sp³-hybridized carbons (Fsp3) is 0.700. The normalized spacial score (nSPS) is 28.1. The van der Waals surface area contributed by atoms with Crippen molar-refractivity contribution in [3.63, 3.8) is 0 Å². The monoisotopic (exact) mass is 292 g/mol. The Balaban J connectivity index is 2.97. The predicted molar refractivity (Wildman–Crippen MR) is 53.3 cm³/mol. The summed E-state index contributed by atoms with van der Waals surface area (Å²) in [4.78, 5) is 10.7. The molecule has 0 aromatic rings. The van der Waals surface area contributed by atoms with E-state index in [2.05, 4.69) is 0 Å². The second-order valence-electron chi connectivity index (χ2n) is 4.75. The van der Waals surface area contributed by atoms with Gasteiger partial charge >= 0.3 is 18.1 Å². The van der Waals surface area contributed by atoms with Crippen LogP contribution in [0.5, 0.6) is 0 Å². The van der Waals surface area contributed by atoms with E-state index in [1.54, 1.807) is 0 Å². The van der Waals surface area contributed by atoms with E-state index < -0.39 is 40.4 Å².